The molecule has 0 unspecified atom stereocenters. The van der Waals surface area contributed by atoms with Crippen LogP contribution in [0.15, 0.2) is 22.0 Å². The predicted molar refractivity (Wildman–Crippen MR) is 142 cm³/mol. The van der Waals surface area contributed by atoms with Crippen LogP contribution in [0.5, 0.6) is 0 Å². The molecule has 2 amide bonds. The third kappa shape index (κ3) is 6.43. The minimum absolute atomic E-state index is 0.0934. The standard InChI is InChI=1S/C13H16ClN3O6.C10H12ClN3O6/c1-13(2)22-8-5(4-18)21-12(9(8)23-13)17-3-6(14)16-7(10(15)19)11(17)20;11-4-1-14(9(19)5(13-4)8(12)18)10-7(17)6(16)3(2-15)20-10/h3,5,8-9,12,18H,4H2,1-2H3,(H2,15,19);1,3,6-7,10,15-17H,2H2,(H2,12,18)/t5-,8-,9-,12-;3-,6-,7-,10-/m11/s1. The molecule has 2 aromatic rings. The minimum atomic E-state index is -1.48. The Hall–Kier alpha value is -3.04. The Morgan fingerprint density at radius 3 is 1.72 bits per heavy atom. The number of halogens is 2. The van der Waals surface area contributed by atoms with E-state index >= 15 is 0 Å². The summed E-state index contributed by atoms with van der Waals surface area (Å²) in [6.07, 6.45) is -5.80. The molecule has 5 heterocycles. The molecular formula is C23H28Cl2N6O12. The summed E-state index contributed by atoms with van der Waals surface area (Å²) in [5.41, 5.74) is 7.36. The number of carbonyl (C=O) groups is 2. The molecule has 0 saturated carbocycles. The van der Waals surface area contributed by atoms with E-state index in [1.165, 1.54) is 6.20 Å². The number of ether oxygens (including phenoxy) is 4. The molecule has 0 aromatic carbocycles. The summed E-state index contributed by atoms with van der Waals surface area (Å²) in [7, 11) is 0. The van der Waals surface area contributed by atoms with Gasteiger partial charge in [0.25, 0.3) is 22.9 Å². The van der Waals surface area contributed by atoms with Crippen molar-refractivity contribution in [2.24, 2.45) is 11.5 Å². The highest BCUT2D eigenvalue weighted by Gasteiger charge is 2.56. The van der Waals surface area contributed by atoms with Gasteiger partial charge in [-0.2, -0.15) is 0 Å². The molecule has 20 heteroatoms. The van der Waals surface area contributed by atoms with E-state index in [0.29, 0.717) is 0 Å². The first kappa shape index (κ1) is 32.9. The number of hydrogen-bond donors (Lipinski definition) is 6. The third-order valence-corrected chi connectivity index (χ3v) is 7.00. The van der Waals surface area contributed by atoms with Gasteiger partial charge < -0.3 is 50.8 Å². The SMILES string of the molecule is CC1(C)O[C@@H]2[C@H](O1)[C@@H](CO)O[C@H]2n1cc(Cl)nc(C(N)=O)c1=O.NC(=O)c1nc(Cl)cn([C@@H]2O[C@H](CO)[C@@H](O)[C@H]2O)c1=O. The summed E-state index contributed by atoms with van der Waals surface area (Å²) < 4.78 is 24.2. The molecule has 0 aliphatic carbocycles. The van der Waals surface area contributed by atoms with Crippen LogP contribution < -0.4 is 22.6 Å². The van der Waals surface area contributed by atoms with Crippen molar-refractivity contribution in [3.8, 4) is 0 Å². The zero-order valence-corrected chi connectivity index (χ0v) is 24.0. The van der Waals surface area contributed by atoms with Gasteiger partial charge in [0.2, 0.25) is 0 Å². The number of carbonyl (C=O) groups excluding carboxylic acids is 2. The topological polar surface area (TPSA) is 274 Å². The van der Waals surface area contributed by atoms with Gasteiger partial charge in [-0.1, -0.05) is 23.2 Å². The number of fused-ring (bicyclic) bond motifs is 1. The van der Waals surface area contributed by atoms with Crippen molar-refractivity contribution in [2.75, 3.05) is 13.2 Å². The van der Waals surface area contributed by atoms with Crippen LogP contribution in [0.25, 0.3) is 0 Å². The quantitative estimate of drug-likeness (QED) is 0.182. The number of amides is 2. The maximum atomic E-state index is 12.4. The van der Waals surface area contributed by atoms with E-state index in [1.54, 1.807) is 13.8 Å². The molecule has 8 atom stereocenters. The van der Waals surface area contributed by atoms with E-state index in [1.807, 2.05) is 0 Å². The maximum Gasteiger partial charge on any atom is 0.284 e. The molecular weight excluding hydrogens is 623 g/mol. The van der Waals surface area contributed by atoms with Crippen LogP contribution in [0.4, 0.5) is 0 Å². The van der Waals surface area contributed by atoms with Gasteiger partial charge in [0, 0.05) is 12.4 Å². The van der Waals surface area contributed by atoms with E-state index < -0.39 is 95.8 Å². The van der Waals surface area contributed by atoms with Crippen LogP contribution in [-0.4, -0.2) is 107 Å². The summed E-state index contributed by atoms with van der Waals surface area (Å²) in [4.78, 5) is 54.0. The number of rotatable bonds is 6. The van der Waals surface area contributed by atoms with Crippen LogP contribution in [-0.2, 0) is 18.9 Å². The molecule has 0 radical (unpaired) electrons. The number of aromatic nitrogens is 4. The molecule has 18 nitrogen and oxygen atoms in total. The van der Waals surface area contributed by atoms with E-state index in [-0.39, 0.29) is 16.9 Å². The summed E-state index contributed by atoms with van der Waals surface area (Å²) in [5.74, 6) is -2.97. The van der Waals surface area contributed by atoms with E-state index in [2.05, 4.69) is 9.97 Å². The Balaban J connectivity index is 0.000000199. The first-order chi connectivity index (χ1) is 20.1. The molecule has 3 aliphatic heterocycles. The molecule has 3 aliphatic rings. The molecule has 0 bridgehead atoms. The maximum absolute atomic E-state index is 12.4. The average molecular weight is 651 g/mol. The van der Waals surface area contributed by atoms with E-state index in [4.69, 9.17) is 58.7 Å². The van der Waals surface area contributed by atoms with Crippen LogP contribution in [0.1, 0.15) is 47.3 Å². The second kappa shape index (κ2) is 12.5. The van der Waals surface area contributed by atoms with Gasteiger partial charge in [-0.25, -0.2) is 9.97 Å². The van der Waals surface area contributed by atoms with Crippen LogP contribution in [0, 0.1) is 0 Å². The fourth-order valence-electron chi connectivity index (χ4n) is 4.80. The Labute approximate surface area is 251 Å². The van der Waals surface area contributed by atoms with Crippen molar-refractivity contribution in [1.82, 2.24) is 19.1 Å². The lowest BCUT2D eigenvalue weighted by Crippen LogP contribution is -2.38. The number of nitrogens with two attached hydrogens (primary N) is 2. The fraction of sp³-hybridized carbons (Fsp3) is 0.565. The van der Waals surface area contributed by atoms with Crippen molar-refractivity contribution in [3.05, 3.63) is 54.8 Å². The van der Waals surface area contributed by atoms with Crippen molar-refractivity contribution in [3.63, 3.8) is 0 Å². The zero-order valence-electron chi connectivity index (χ0n) is 22.4. The lowest BCUT2D eigenvalue weighted by Gasteiger charge is -2.24. The second-order valence-electron chi connectivity index (χ2n) is 10.0. The highest BCUT2D eigenvalue weighted by atomic mass is 35.5. The minimum Gasteiger partial charge on any atom is -0.394 e. The largest absolute Gasteiger partial charge is 0.394 e. The summed E-state index contributed by atoms with van der Waals surface area (Å²) >= 11 is 11.5. The van der Waals surface area contributed by atoms with Gasteiger partial charge in [0.15, 0.2) is 29.6 Å². The Morgan fingerprint density at radius 1 is 0.837 bits per heavy atom. The Morgan fingerprint density at radius 2 is 1.28 bits per heavy atom. The lowest BCUT2D eigenvalue weighted by molar-refractivity contribution is -0.200. The highest BCUT2D eigenvalue weighted by Crippen LogP contribution is 2.42. The summed E-state index contributed by atoms with van der Waals surface area (Å²) in [6, 6.07) is 0. The third-order valence-electron chi connectivity index (χ3n) is 6.64. The summed E-state index contributed by atoms with van der Waals surface area (Å²) in [6.45, 7) is 2.57. The first-order valence-electron chi connectivity index (χ1n) is 12.5. The zero-order chi connectivity index (χ0) is 32.0. The highest BCUT2D eigenvalue weighted by molar-refractivity contribution is 6.29. The number of nitrogens with zero attached hydrogens (tertiary/aromatic N) is 4. The van der Waals surface area contributed by atoms with Gasteiger partial charge in [-0.15, -0.1) is 0 Å². The van der Waals surface area contributed by atoms with E-state index in [0.717, 1.165) is 15.3 Å². The molecule has 236 valence electrons. The molecule has 8 N–H and O–H groups in total. The Kier molecular flexibility index (Phi) is 9.57. The van der Waals surface area contributed by atoms with E-state index in [9.17, 15) is 34.5 Å². The predicted octanol–water partition coefficient (Wildman–Crippen LogP) is -2.99. The summed E-state index contributed by atoms with van der Waals surface area (Å²) in [5, 5.41) is 37.6. The van der Waals surface area contributed by atoms with Crippen molar-refractivity contribution >= 4 is 35.0 Å². The number of aliphatic hydroxyl groups is 4. The van der Waals surface area contributed by atoms with Crippen molar-refractivity contribution < 1.29 is 49.0 Å². The Bertz CT molecular complexity index is 1520. The monoisotopic (exact) mass is 650 g/mol. The van der Waals surface area contributed by atoms with Gasteiger partial charge >= 0.3 is 0 Å². The number of hydrogen-bond acceptors (Lipinski definition) is 14. The van der Waals surface area contributed by atoms with Gasteiger partial charge in [0.1, 0.15) is 46.9 Å². The normalized spacial score (nSPS) is 30.9. The van der Waals surface area contributed by atoms with Crippen molar-refractivity contribution in [2.45, 2.75) is 68.7 Å². The molecule has 5 rings (SSSR count). The van der Waals surface area contributed by atoms with Crippen LogP contribution >= 0.6 is 23.2 Å². The molecule has 0 spiro atoms. The van der Waals surface area contributed by atoms with Crippen LogP contribution in [0.3, 0.4) is 0 Å². The smallest absolute Gasteiger partial charge is 0.284 e. The molecule has 2 aromatic heterocycles. The molecule has 3 fully saturated rings. The average Bonchev–Trinajstić information content (AvgIpc) is 3.53. The molecule has 43 heavy (non-hydrogen) atoms. The van der Waals surface area contributed by atoms with Crippen molar-refractivity contribution in [1.29, 1.82) is 0 Å². The lowest BCUT2D eigenvalue weighted by atomic mass is 10.1. The molecule has 3 saturated heterocycles. The van der Waals surface area contributed by atoms with Gasteiger partial charge in [-0.05, 0) is 13.8 Å². The first-order valence-corrected chi connectivity index (χ1v) is 13.3. The van der Waals surface area contributed by atoms with Crippen LogP contribution in [0.2, 0.25) is 10.3 Å². The van der Waals surface area contributed by atoms with Gasteiger partial charge in [0.05, 0.1) is 13.2 Å². The number of aliphatic hydroxyl groups excluding tert-OH is 4. The second-order valence-corrected chi connectivity index (χ2v) is 10.8. The van der Waals surface area contributed by atoms with Gasteiger partial charge in [-0.3, -0.25) is 28.3 Å². The fourth-order valence-corrected chi connectivity index (χ4v) is 5.18. The number of primary amides is 2.